The van der Waals surface area contributed by atoms with E-state index in [0.717, 1.165) is 50.2 Å². The normalized spacial score (nSPS) is 13.1. The molecular formula is C33H15F3N4. The van der Waals surface area contributed by atoms with Crippen LogP contribution in [0.25, 0.3) is 65.0 Å². The summed E-state index contributed by atoms with van der Waals surface area (Å²) in [5.74, 6) is 0. The molecule has 0 atom stereocenters. The van der Waals surface area contributed by atoms with Crippen LogP contribution in [0.4, 0.5) is 13.2 Å². The maximum atomic E-state index is 13.5. The summed E-state index contributed by atoms with van der Waals surface area (Å²) in [6, 6.07) is 27.4. The highest BCUT2D eigenvalue weighted by Gasteiger charge is 2.31. The van der Waals surface area contributed by atoms with Gasteiger partial charge < -0.3 is 0 Å². The Hall–Kier alpha value is -5.53. The van der Waals surface area contributed by atoms with Crippen molar-refractivity contribution in [2.45, 2.75) is 6.18 Å². The van der Waals surface area contributed by atoms with Gasteiger partial charge in [-0.15, -0.1) is 0 Å². The highest BCUT2D eigenvalue weighted by molar-refractivity contribution is 6.21. The van der Waals surface area contributed by atoms with Gasteiger partial charge >= 0.3 is 6.18 Å². The molecule has 0 unspecified atom stereocenters. The quantitative estimate of drug-likeness (QED) is 0.206. The van der Waals surface area contributed by atoms with Gasteiger partial charge in [0.25, 0.3) is 0 Å². The Morgan fingerprint density at radius 3 is 1.75 bits per heavy atom. The summed E-state index contributed by atoms with van der Waals surface area (Å²) in [6.45, 7) is 0. The number of nitriles is 2. The zero-order valence-corrected chi connectivity index (χ0v) is 20.6. The zero-order chi connectivity index (χ0) is 27.6. The smallest absolute Gasteiger partial charge is 0.172 e. The molecule has 0 heterocycles. The van der Waals surface area contributed by atoms with Crippen LogP contribution in [-0.4, -0.2) is 0 Å². The molecule has 0 aliphatic rings. The third kappa shape index (κ3) is 3.38. The fourth-order valence-electron chi connectivity index (χ4n) is 5.84. The Kier molecular flexibility index (Phi) is 5.00. The molecule has 0 radical (unpaired) electrons. The van der Waals surface area contributed by atoms with Crippen molar-refractivity contribution >= 4 is 53.9 Å². The first-order valence-electron chi connectivity index (χ1n) is 12.4. The van der Waals surface area contributed by atoms with E-state index in [0.29, 0.717) is 26.9 Å². The van der Waals surface area contributed by atoms with Crippen molar-refractivity contribution in [3.63, 3.8) is 0 Å². The molecule has 0 N–H and O–H groups in total. The summed E-state index contributed by atoms with van der Waals surface area (Å²) < 4.78 is 40.4. The Bertz CT molecular complexity index is 2390. The van der Waals surface area contributed by atoms with Crippen LogP contribution in [0.3, 0.4) is 0 Å². The van der Waals surface area contributed by atoms with Crippen molar-refractivity contribution in [3.8, 4) is 23.5 Å². The Labute approximate surface area is 224 Å². The van der Waals surface area contributed by atoms with Crippen molar-refractivity contribution in [3.05, 3.63) is 107 Å². The van der Waals surface area contributed by atoms with E-state index in [1.807, 2.05) is 54.7 Å². The van der Waals surface area contributed by atoms with Gasteiger partial charge in [0.2, 0.25) is 12.4 Å². The number of halogens is 3. The second-order valence-corrected chi connectivity index (χ2v) is 9.61. The van der Waals surface area contributed by atoms with Crippen molar-refractivity contribution < 1.29 is 13.2 Å². The summed E-state index contributed by atoms with van der Waals surface area (Å²) in [5, 5.41) is 27.0. The van der Waals surface area contributed by atoms with Crippen LogP contribution >= 0.6 is 0 Å². The van der Waals surface area contributed by atoms with Gasteiger partial charge in [0, 0.05) is 21.5 Å². The maximum Gasteiger partial charge on any atom is 0.416 e. The molecule has 7 aromatic carbocycles. The fraction of sp³-hybridized carbons (Fsp3) is 0.0303. The third-order valence-electron chi connectivity index (χ3n) is 7.55. The molecule has 0 aliphatic carbocycles. The highest BCUT2D eigenvalue weighted by Crippen LogP contribution is 2.37. The fourth-order valence-corrected chi connectivity index (χ4v) is 5.84. The molecule has 40 heavy (non-hydrogen) atoms. The molecule has 7 rings (SSSR count). The largest absolute Gasteiger partial charge is 0.416 e. The standard InChI is InChI=1S/C33H15F3N4/c34-33(35,36)20-9-11-24-26-15-29-25(14-30(26)32(40-17-38)28(24)13-20)23-10-8-19(12-27(23)31(29)39-16-37)22-7-3-5-18-4-1-2-6-21(18)22/h1-15H/b39-31+,40-32+. The SMILES string of the molecule is N#C/N=c1\c2cc(-c3cccc4ccccc34)ccc2c2cc3/c(=N/C#N)c4cc(C(F)(F)F)ccc4c3cc12. The van der Waals surface area contributed by atoms with Crippen LogP contribution in [0.15, 0.2) is 101 Å². The number of fused-ring (bicyclic) bond motifs is 7. The van der Waals surface area contributed by atoms with Crippen LogP contribution in [0.1, 0.15) is 5.56 Å². The van der Waals surface area contributed by atoms with Crippen molar-refractivity contribution in [2.24, 2.45) is 9.98 Å². The number of benzene rings is 5. The van der Waals surface area contributed by atoms with Crippen LogP contribution in [0.5, 0.6) is 0 Å². The molecule has 0 aliphatic heterocycles. The number of hydrogen-bond donors (Lipinski definition) is 0. The van der Waals surface area contributed by atoms with Crippen molar-refractivity contribution in [1.29, 1.82) is 10.5 Å². The molecule has 0 saturated carbocycles. The van der Waals surface area contributed by atoms with Gasteiger partial charge in [0.15, 0.2) is 0 Å². The monoisotopic (exact) mass is 524 g/mol. The Morgan fingerprint density at radius 2 is 1.10 bits per heavy atom. The molecule has 0 bridgehead atoms. The highest BCUT2D eigenvalue weighted by atomic mass is 19.4. The maximum absolute atomic E-state index is 13.5. The first kappa shape index (κ1) is 23.6. The minimum atomic E-state index is -4.53. The summed E-state index contributed by atoms with van der Waals surface area (Å²) in [7, 11) is 0. The molecular weight excluding hydrogens is 509 g/mol. The predicted octanol–water partition coefficient (Wildman–Crippen LogP) is 7.78. The van der Waals surface area contributed by atoms with E-state index in [2.05, 4.69) is 34.3 Å². The molecule has 188 valence electrons. The number of nitrogens with zero attached hydrogens (tertiary/aromatic N) is 4. The van der Waals surface area contributed by atoms with E-state index in [-0.39, 0.29) is 10.7 Å². The van der Waals surface area contributed by atoms with Crippen molar-refractivity contribution in [1.82, 2.24) is 0 Å². The second-order valence-electron chi connectivity index (χ2n) is 9.61. The summed E-state index contributed by atoms with van der Waals surface area (Å²) in [5.41, 5.74) is 1.21. The molecule has 0 spiro atoms. The molecule has 4 nitrogen and oxygen atoms in total. The van der Waals surface area contributed by atoms with Gasteiger partial charge in [-0.3, -0.25) is 0 Å². The van der Waals surface area contributed by atoms with Crippen LogP contribution in [0.2, 0.25) is 0 Å². The van der Waals surface area contributed by atoms with Gasteiger partial charge in [-0.05, 0) is 73.8 Å². The predicted molar refractivity (Wildman–Crippen MR) is 149 cm³/mol. The van der Waals surface area contributed by atoms with Crippen LogP contribution in [0, 0.1) is 22.9 Å². The lowest BCUT2D eigenvalue weighted by atomic mass is 9.97. The van der Waals surface area contributed by atoms with E-state index in [9.17, 15) is 23.7 Å². The first-order chi connectivity index (χ1) is 19.4. The molecule has 7 heteroatoms. The lowest BCUT2D eigenvalue weighted by Gasteiger charge is -2.07. The minimum absolute atomic E-state index is 0.195. The molecule has 0 aromatic heterocycles. The summed E-state index contributed by atoms with van der Waals surface area (Å²) in [4.78, 5) is 8.10. The third-order valence-corrected chi connectivity index (χ3v) is 7.55. The van der Waals surface area contributed by atoms with Gasteiger partial charge in [-0.2, -0.15) is 33.7 Å². The lowest BCUT2D eigenvalue weighted by molar-refractivity contribution is -0.137. The van der Waals surface area contributed by atoms with Gasteiger partial charge in [0.05, 0.1) is 16.3 Å². The van der Waals surface area contributed by atoms with E-state index in [1.54, 1.807) is 6.19 Å². The van der Waals surface area contributed by atoms with Gasteiger partial charge in [-0.25, -0.2) is 0 Å². The van der Waals surface area contributed by atoms with E-state index < -0.39 is 11.7 Å². The first-order valence-corrected chi connectivity index (χ1v) is 12.4. The topological polar surface area (TPSA) is 72.3 Å². The average Bonchev–Trinajstić information content (AvgIpc) is 3.42. The Morgan fingerprint density at radius 1 is 0.525 bits per heavy atom. The summed E-state index contributed by atoms with van der Waals surface area (Å²) >= 11 is 0. The average molecular weight is 525 g/mol. The lowest BCUT2D eigenvalue weighted by Crippen LogP contribution is -2.06. The number of alkyl halides is 3. The molecule has 7 aromatic rings. The van der Waals surface area contributed by atoms with Crippen LogP contribution in [-0.2, 0) is 6.18 Å². The number of hydrogen-bond acceptors (Lipinski definition) is 4. The van der Waals surface area contributed by atoms with Gasteiger partial charge in [0.1, 0.15) is 0 Å². The van der Waals surface area contributed by atoms with E-state index >= 15 is 0 Å². The molecule has 0 fully saturated rings. The summed E-state index contributed by atoms with van der Waals surface area (Å²) in [6.07, 6.45) is -0.869. The number of rotatable bonds is 1. The van der Waals surface area contributed by atoms with E-state index in [1.165, 1.54) is 6.07 Å². The van der Waals surface area contributed by atoms with Crippen LogP contribution < -0.4 is 10.7 Å². The molecule has 0 amide bonds. The Balaban J connectivity index is 1.59. The van der Waals surface area contributed by atoms with Crippen molar-refractivity contribution in [2.75, 3.05) is 0 Å². The van der Waals surface area contributed by atoms with E-state index in [4.69, 9.17) is 0 Å². The van der Waals surface area contributed by atoms with Gasteiger partial charge in [-0.1, -0.05) is 60.7 Å². The second kappa shape index (κ2) is 8.49. The molecule has 0 saturated heterocycles. The minimum Gasteiger partial charge on any atom is -0.172 e. The zero-order valence-electron chi connectivity index (χ0n) is 20.6.